The maximum atomic E-state index is 13.1. The van der Waals surface area contributed by atoms with E-state index in [1.165, 1.54) is 12.0 Å². The number of aryl methyl sites for hydroxylation is 1. The van der Waals surface area contributed by atoms with Crippen LogP contribution in [0.2, 0.25) is 5.02 Å². The molecule has 0 N–H and O–H groups in total. The molecule has 1 aromatic carbocycles. The number of halogens is 1. The van der Waals surface area contributed by atoms with Crippen LogP contribution in [0.15, 0.2) is 53.8 Å². The summed E-state index contributed by atoms with van der Waals surface area (Å²) in [6.45, 7) is 9.66. The van der Waals surface area contributed by atoms with E-state index in [-0.39, 0.29) is 11.5 Å². The van der Waals surface area contributed by atoms with Gasteiger partial charge in [-0.25, -0.2) is 4.79 Å². The van der Waals surface area contributed by atoms with Crippen LogP contribution < -0.4 is 4.74 Å². The first-order valence-electron chi connectivity index (χ1n) is 9.72. The molecule has 0 fully saturated rings. The lowest BCUT2D eigenvalue weighted by Gasteiger charge is -2.14. The normalized spacial score (nSPS) is 15.1. The summed E-state index contributed by atoms with van der Waals surface area (Å²) < 4.78 is 12.2. The zero-order valence-electron chi connectivity index (χ0n) is 18.3. The van der Waals surface area contributed by atoms with Gasteiger partial charge in [0.15, 0.2) is 0 Å². The first kappa shape index (κ1) is 22.4. The van der Waals surface area contributed by atoms with Gasteiger partial charge in [-0.1, -0.05) is 17.7 Å². The summed E-state index contributed by atoms with van der Waals surface area (Å²) in [4.78, 5) is 27.0. The minimum Gasteiger partial charge on any atom is -0.495 e. The zero-order chi connectivity index (χ0) is 22.9. The highest BCUT2D eigenvalue weighted by molar-refractivity contribution is 6.32. The predicted octanol–water partition coefficient (Wildman–Crippen LogP) is 4.61. The van der Waals surface area contributed by atoms with Crippen molar-refractivity contribution in [2.45, 2.75) is 20.8 Å². The molecular weight excluding hydrogens is 416 g/mol. The molecule has 0 spiro atoms. The van der Waals surface area contributed by atoms with Crippen molar-refractivity contribution in [1.29, 1.82) is 0 Å². The molecule has 31 heavy (non-hydrogen) atoms. The molecule has 6 nitrogen and oxygen atoms in total. The highest BCUT2D eigenvalue weighted by atomic mass is 35.5. The van der Waals surface area contributed by atoms with Crippen LogP contribution in [-0.2, 0) is 14.3 Å². The zero-order valence-corrected chi connectivity index (χ0v) is 19.0. The molecule has 0 unspecified atom stereocenters. The number of methoxy groups -OCH3 is 2. The van der Waals surface area contributed by atoms with Crippen LogP contribution >= 0.6 is 11.6 Å². The summed E-state index contributed by atoms with van der Waals surface area (Å²) in [6, 6.07) is 7.52. The van der Waals surface area contributed by atoms with Crippen LogP contribution in [0.5, 0.6) is 5.75 Å². The first-order chi connectivity index (χ1) is 14.7. The Bertz CT molecular complexity index is 1140. The largest absolute Gasteiger partial charge is 0.495 e. The van der Waals surface area contributed by atoms with Gasteiger partial charge in [-0.05, 0) is 56.7 Å². The number of nitrogens with zero attached hydrogens (tertiary/aromatic N) is 2. The summed E-state index contributed by atoms with van der Waals surface area (Å²) in [5.41, 5.74) is 4.69. The van der Waals surface area contributed by atoms with Gasteiger partial charge in [0.25, 0.3) is 5.91 Å². The number of benzene rings is 1. The number of carbonyl (C=O) groups is 2. The summed E-state index contributed by atoms with van der Waals surface area (Å²) >= 11 is 6.31. The molecule has 3 rings (SSSR count). The Morgan fingerprint density at radius 2 is 1.90 bits per heavy atom. The molecule has 1 aliphatic rings. The molecule has 0 radical (unpaired) electrons. The molecule has 0 saturated heterocycles. The summed E-state index contributed by atoms with van der Waals surface area (Å²) in [5, 5.41) is 0.505. The molecule has 7 heteroatoms. The number of amides is 1. The molecule has 2 aromatic rings. The molecule has 0 aliphatic carbocycles. The van der Waals surface area contributed by atoms with E-state index in [1.807, 2.05) is 42.7 Å². The fraction of sp³-hybridized carbons (Fsp3) is 0.250. The Kier molecular flexibility index (Phi) is 6.41. The van der Waals surface area contributed by atoms with Gasteiger partial charge < -0.3 is 18.9 Å². The molecule has 0 atom stereocenters. The number of rotatable bonds is 6. The third kappa shape index (κ3) is 3.91. The van der Waals surface area contributed by atoms with Gasteiger partial charge in [0.2, 0.25) is 0 Å². The van der Waals surface area contributed by atoms with Crippen molar-refractivity contribution < 1.29 is 19.1 Å². The highest BCUT2D eigenvalue weighted by Gasteiger charge is 2.36. The van der Waals surface area contributed by atoms with E-state index >= 15 is 0 Å². The quantitative estimate of drug-likeness (QED) is 0.373. The van der Waals surface area contributed by atoms with Crippen LogP contribution in [0.4, 0.5) is 0 Å². The maximum absolute atomic E-state index is 13.1. The lowest BCUT2D eigenvalue weighted by atomic mass is 10.0. The Morgan fingerprint density at radius 1 is 1.19 bits per heavy atom. The van der Waals surface area contributed by atoms with Crippen molar-refractivity contribution in [2.75, 3.05) is 20.8 Å². The SMILES string of the molecule is C=CCN1C(=O)/C(=C\c2cc(C)n(-c3ccc(OC)c(Cl)c3)c2C)C(C(=O)OC)=C1C. The fourth-order valence-electron chi connectivity index (χ4n) is 3.86. The summed E-state index contributed by atoms with van der Waals surface area (Å²) in [7, 11) is 2.88. The number of hydrogen-bond donors (Lipinski definition) is 0. The third-order valence-electron chi connectivity index (χ3n) is 5.38. The van der Waals surface area contributed by atoms with E-state index in [4.69, 9.17) is 21.1 Å². The molecule has 162 valence electrons. The molecule has 1 aromatic heterocycles. The van der Waals surface area contributed by atoms with Crippen molar-refractivity contribution in [3.05, 3.63) is 75.7 Å². The van der Waals surface area contributed by atoms with Crippen molar-refractivity contribution in [2.24, 2.45) is 0 Å². The monoisotopic (exact) mass is 440 g/mol. The minimum absolute atomic E-state index is 0.255. The highest BCUT2D eigenvalue weighted by Crippen LogP contribution is 2.34. The van der Waals surface area contributed by atoms with Gasteiger partial charge in [0.1, 0.15) is 5.75 Å². The second kappa shape index (κ2) is 8.86. The standard InChI is InChI=1S/C24H25ClN2O4/c1-7-10-26-16(4)22(24(29)31-6)19(23(26)28)12-17-11-14(2)27(15(17)3)18-8-9-21(30-5)20(25)13-18/h7-9,11-13H,1,10H2,2-6H3/b19-12-. The van der Waals surface area contributed by atoms with Crippen molar-refractivity contribution in [3.63, 3.8) is 0 Å². The predicted molar refractivity (Wildman–Crippen MR) is 121 cm³/mol. The second-order valence-corrected chi connectivity index (χ2v) is 7.60. The van der Waals surface area contributed by atoms with E-state index in [0.717, 1.165) is 22.6 Å². The van der Waals surface area contributed by atoms with E-state index in [1.54, 1.807) is 26.2 Å². The maximum Gasteiger partial charge on any atom is 0.340 e. The van der Waals surface area contributed by atoms with Crippen LogP contribution in [0, 0.1) is 13.8 Å². The number of hydrogen-bond acceptors (Lipinski definition) is 4. The average Bonchev–Trinajstić information content (AvgIpc) is 3.15. The van der Waals surface area contributed by atoms with Crippen molar-refractivity contribution in [1.82, 2.24) is 9.47 Å². The van der Waals surface area contributed by atoms with Gasteiger partial charge in [-0.15, -0.1) is 6.58 Å². The molecule has 0 saturated carbocycles. The van der Waals surface area contributed by atoms with E-state index < -0.39 is 5.97 Å². The number of allylic oxidation sites excluding steroid dienone is 1. The molecule has 1 aliphatic heterocycles. The second-order valence-electron chi connectivity index (χ2n) is 7.20. The van der Waals surface area contributed by atoms with Crippen LogP contribution in [0.1, 0.15) is 23.9 Å². The lowest BCUT2D eigenvalue weighted by Crippen LogP contribution is -2.25. The van der Waals surface area contributed by atoms with Crippen molar-refractivity contribution >= 4 is 29.6 Å². The van der Waals surface area contributed by atoms with E-state index in [9.17, 15) is 9.59 Å². The van der Waals surface area contributed by atoms with Crippen molar-refractivity contribution in [3.8, 4) is 11.4 Å². The third-order valence-corrected chi connectivity index (χ3v) is 5.67. The Morgan fingerprint density at radius 3 is 2.48 bits per heavy atom. The number of esters is 1. The summed E-state index contributed by atoms with van der Waals surface area (Å²) in [5.74, 6) is -0.202. The molecule has 2 heterocycles. The van der Waals surface area contributed by atoms with Crippen LogP contribution in [0.3, 0.4) is 0 Å². The number of carbonyl (C=O) groups excluding carboxylic acids is 2. The smallest absolute Gasteiger partial charge is 0.340 e. The average molecular weight is 441 g/mol. The van der Waals surface area contributed by atoms with Gasteiger partial charge in [0.05, 0.1) is 30.4 Å². The Hall–Kier alpha value is -3.25. The molecule has 1 amide bonds. The number of ether oxygens (including phenoxy) is 2. The van der Waals surface area contributed by atoms with Gasteiger partial charge in [0, 0.05) is 29.3 Å². The van der Waals surface area contributed by atoms with Gasteiger partial charge in [-0.3, -0.25) is 4.79 Å². The summed E-state index contributed by atoms with van der Waals surface area (Å²) in [6.07, 6.45) is 3.36. The topological polar surface area (TPSA) is 60.8 Å². The molecular formula is C24H25ClN2O4. The van der Waals surface area contributed by atoms with Crippen LogP contribution in [-0.4, -0.2) is 42.1 Å². The minimum atomic E-state index is -0.542. The first-order valence-corrected chi connectivity index (χ1v) is 10.1. The van der Waals surface area contributed by atoms with Gasteiger partial charge in [-0.2, -0.15) is 0 Å². The Balaban J connectivity index is 2.13. The lowest BCUT2D eigenvalue weighted by molar-refractivity contribution is -0.136. The van der Waals surface area contributed by atoms with Gasteiger partial charge >= 0.3 is 5.97 Å². The van der Waals surface area contributed by atoms with Crippen LogP contribution in [0.25, 0.3) is 11.8 Å². The fourth-order valence-corrected chi connectivity index (χ4v) is 4.11. The van der Waals surface area contributed by atoms with E-state index in [0.29, 0.717) is 28.6 Å². The number of aromatic nitrogens is 1. The Labute approximate surface area is 187 Å². The van der Waals surface area contributed by atoms with E-state index in [2.05, 4.69) is 6.58 Å². The molecule has 0 bridgehead atoms.